The number of carboxylic acid groups (broad SMARTS) is 1. The second-order valence-electron chi connectivity index (χ2n) is 9.09. The molecule has 40 heavy (non-hydrogen) atoms. The van der Waals surface area contributed by atoms with Gasteiger partial charge < -0.3 is 20.3 Å². The number of amides is 1. The van der Waals surface area contributed by atoms with Gasteiger partial charge in [0.25, 0.3) is 0 Å². The summed E-state index contributed by atoms with van der Waals surface area (Å²) in [6, 6.07) is 11.5. The third-order valence-corrected chi connectivity index (χ3v) is 7.26. The molecule has 8 nitrogen and oxygen atoms in total. The van der Waals surface area contributed by atoms with Crippen molar-refractivity contribution in [3.63, 3.8) is 0 Å². The number of aliphatic imine (C=N–C) groups is 1. The Labute approximate surface area is 241 Å². The maximum absolute atomic E-state index is 12.9. The van der Waals surface area contributed by atoms with E-state index >= 15 is 0 Å². The molecule has 3 rings (SSSR count). The van der Waals surface area contributed by atoms with Crippen molar-refractivity contribution in [3.05, 3.63) is 86.5 Å². The highest BCUT2D eigenvalue weighted by Gasteiger charge is 2.36. The number of aliphatic carboxylic acids is 1. The fourth-order valence-electron chi connectivity index (χ4n) is 3.96. The standard InChI is InChI=1S/C30H31ClN2O6S/c1-4-12-39-30(38)27(32-25(35)14-20-8-6-5-7-9-20)28-33-26(29(36)37)22(17-40-28)11-10-21-15-23(16-24(31)34)19(3)13-18(21)2/h5-11,13,15-16,27-28,34H,3-4,12,14,17H2,1-2H3,(H,32,35)(H,36,37)/b21-10-,22-11+,24-16-. The normalized spacial score (nSPS) is 17.7. The molecule has 2 atom stereocenters. The Morgan fingerprint density at radius 1 is 1.23 bits per heavy atom. The first kappa shape index (κ1) is 30.7. The van der Waals surface area contributed by atoms with Crippen molar-refractivity contribution < 1.29 is 29.3 Å². The summed E-state index contributed by atoms with van der Waals surface area (Å²) in [5, 5.41) is 22.3. The molecule has 0 spiro atoms. The summed E-state index contributed by atoms with van der Waals surface area (Å²) in [5.74, 6) is -2.08. The number of aliphatic hydroxyl groups excluding tert-OH is 1. The van der Waals surface area contributed by atoms with Gasteiger partial charge in [-0.05, 0) is 69.8 Å². The quantitative estimate of drug-likeness (QED) is 0.289. The van der Waals surface area contributed by atoms with Gasteiger partial charge in [-0.1, -0.05) is 62.1 Å². The van der Waals surface area contributed by atoms with E-state index in [0.29, 0.717) is 22.8 Å². The van der Waals surface area contributed by atoms with E-state index in [1.54, 1.807) is 30.4 Å². The number of carbonyl (C=O) groups excluding carboxylic acids is 2. The Bertz CT molecular complexity index is 1470. The summed E-state index contributed by atoms with van der Waals surface area (Å²) in [6.45, 7) is 7.85. The van der Waals surface area contributed by atoms with Gasteiger partial charge in [-0.2, -0.15) is 0 Å². The molecule has 1 aliphatic rings. The van der Waals surface area contributed by atoms with Crippen molar-refractivity contribution in [2.45, 2.75) is 38.1 Å². The Morgan fingerprint density at radius 2 is 1.95 bits per heavy atom. The number of aryl methyl sites for hydroxylation is 1. The van der Waals surface area contributed by atoms with Crippen LogP contribution in [-0.4, -0.2) is 57.5 Å². The number of ether oxygens (including phenoxy) is 1. The molecule has 2 aromatic rings. The number of aliphatic hydroxyl groups is 1. The number of thioether (sulfide) groups is 1. The fraction of sp³-hybridized carbons (Fsp3) is 0.267. The maximum atomic E-state index is 12.9. The van der Waals surface area contributed by atoms with Crippen LogP contribution in [0, 0.1) is 6.92 Å². The van der Waals surface area contributed by atoms with Crippen molar-refractivity contribution in [1.29, 1.82) is 0 Å². The summed E-state index contributed by atoms with van der Waals surface area (Å²) < 4.78 is 5.31. The van der Waals surface area contributed by atoms with Gasteiger partial charge in [0, 0.05) is 5.75 Å². The molecule has 1 heterocycles. The van der Waals surface area contributed by atoms with E-state index < -0.39 is 29.3 Å². The number of hydrogen-bond donors (Lipinski definition) is 3. The number of carboxylic acids is 1. The summed E-state index contributed by atoms with van der Waals surface area (Å²) in [4.78, 5) is 42.2. The van der Waals surface area contributed by atoms with Gasteiger partial charge in [0.2, 0.25) is 5.91 Å². The van der Waals surface area contributed by atoms with Crippen LogP contribution in [0.25, 0.3) is 18.7 Å². The predicted molar refractivity (Wildman–Crippen MR) is 160 cm³/mol. The first-order chi connectivity index (χ1) is 19.1. The first-order valence-corrected chi connectivity index (χ1v) is 14.0. The highest BCUT2D eigenvalue weighted by molar-refractivity contribution is 8.00. The zero-order valence-corrected chi connectivity index (χ0v) is 23.8. The van der Waals surface area contributed by atoms with E-state index in [9.17, 15) is 24.6 Å². The highest BCUT2D eigenvalue weighted by Crippen LogP contribution is 2.27. The first-order valence-electron chi connectivity index (χ1n) is 12.6. The largest absolute Gasteiger partial charge is 0.499 e. The van der Waals surface area contributed by atoms with Gasteiger partial charge in [0.05, 0.1) is 13.0 Å². The number of nitrogens with one attached hydrogen (secondary N) is 1. The average Bonchev–Trinajstić information content (AvgIpc) is 2.91. The van der Waals surface area contributed by atoms with E-state index in [-0.39, 0.29) is 29.7 Å². The number of allylic oxidation sites excluding steroid dienone is 1. The van der Waals surface area contributed by atoms with Gasteiger partial charge in [-0.25, -0.2) is 9.59 Å². The number of carbonyl (C=O) groups is 3. The van der Waals surface area contributed by atoms with Crippen molar-refractivity contribution in [2.75, 3.05) is 12.4 Å². The Balaban J connectivity index is 1.93. The number of halogens is 1. The molecule has 10 heteroatoms. The lowest BCUT2D eigenvalue weighted by Gasteiger charge is -2.27. The molecule has 2 unspecified atom stereocenters. The monoisotopic (exact) mass is 582 g/mol. The van der Waals surface area contributed by atoms with Gasteiger partial charge in [-0.3, -0.25) is 9.79 Å². The molecular formula is C30H31ClN2O6S. The minimum atomic E-state index is -1.25. The zero-order chi connectivity index (χ0) is 29.2. The second-order valence-corrected chi connectivity index (χ2v) is 10.6. The third kappa shape index (κ3) is 8.59. The Hall–Kier alpha value is -3.82. The lowest BCUT2D eigenvalue weighted by Crippen LogP contribution is -2.49. The third-order valence-electron chi connectivity index (χ3n) is 5.95. The molecule has 0 aliphatic carbocycles. The van der Waals surface area contributed by atoms with E-state index in [2.05, 4.69) is 16.9 Å². The molecule has 0 radical (unpaired) electrons. The van der Waals surface area contributed by atoms with E-state index in [0.717, 1.165) is 16.3 Å². The molecule has 0 bridgehead atoms. The SMILES string of the molecule is C=c1cc(C)/c(=C\C=C2/CSC(C(NC(=O)Cc3ccccc3)C(=O)OCCC)N=C2C(=O)O)cc1/C=C(\O)Cl. The number of benzene rings is 2. The number of esters is 1. The highest BCUT2D eigenvalue weighted by atomic mass is 35.5. The molecule has 2 aromatic carbocycles. The summed E-state index contributed by atoms with van der Waals surface area (Å²) in [6.07, 6.45) is 5.43. The Kier molecular flexibility index (Phi) is 11.2. The van der Waals surface area contributed by atoms with Gasteiger partial charge in [0.1, 0.15) is 11.1 Å². The minimum Gasteiger partial charge on any atom is -0.499 e. The number of rotatable bonds is 10. The van der Waals surface area contributed by atoms with Crippen LogP contribution in [0.4, 0.5) is 0 Å². The topological polar surface area (TPSA) is 125 Å². The van der Waals surface area contributed by atoms with Crippen LogP contribution in [0.5, 0.6) is 0 Å². The van der Waals surface area contributed by atoms with Gasteiger partial charge in [0.15, 0.2) is 11.3 Å². The summed E-state index contributed by atoms with van der Waals surface area (Å²) in [5.41, 5.74) is 2.53. The van der Waals surface area contributed by atoms with Crippen LogP contribution in [-0.2, 0) is 25.5 Å². The van der Waals surface area contributed by atoms with Crippen molar-refractivity contribution in [3.8, 4) is 0 Å². The van der Waals surface area contributed by atoms with Crippen LogP contribution >= 0.6 is 23.4 Å². The fourth-order valence-corrected chi connectivity index (χ4v) is 5.21. The average molecular weight is 583 g/mol. The van der Waals surface area contributed by atoms with Crippen molar-refractivity contribution >= 4 is 65.7 Å². The predicted octanol–water partition coefficient (Wildman–Crippen LogP) is 3.49. The molecule has 0 saturated carbocycles. The number of nitrogens with zero attached hydrogens (tertiary/aromatic N) is 1. The molecule has 0 saturated heterocycles. The molecule has 210 valence electrons. The molecule has 0 aromatic heterocycles. The maximum Gasteiger partial charge on any atom is 0.354 e. The number of hydrogen-bond acceptors (Lipinski definition) is 7. The van der Waals surface area contributed by atoms with E-state index in [4.69, 9.17) is 16.3 Å². The van der Waals surface area contributed by atoms with Crippen LogP contribution in [0.2, 0.25) is 0 Å². The Morgan fingerprint density at radius 3 is 2.60 bits per heavy atom. The lowest BCUT2D eigenvalue weighted by atomic mass is 10.1. The van der Waals surface area contributed by atoms with Crippen LogP contribution in [0.15, 0.2) is 64.3 Å². The molecule has 3 N–H and O–H groups in total. The zero-order valence-electron chi connectivity index (χ0n) is 22.2. The van der Waals surface area contributed by atoms with Crippen LogP contribution in [0.1, 0.15) is 30.0 Å². The van der Waals surface area contributed by atoms with Crippen LogP contribution in [0.3, 0.4) is 0 Å². The van der Waals surface area contributed by atoms with Gasteiger partial charge >= 0.3 is 11.9 Å². The van der Waals surface area contributed by atoms with Crippen LogP contribution < -0.4 is 15.8 Å². The van der Waals surface area contributed by atoms with E-state index in [1.165, 1.54) is 17.8 Å². The van der Waals surface area contributed by atoms with Crippen molar-refractivity contribution in [2.24, 2.45) is 4.99 Å². The molecule has 1 aliphatic heterocycles. The smallest absolute Gasteiger partial charge is 0.354 e. The minimum absolute atomic E-state index is 0.0511. The molecule has 0 fully saturated rings. The van der Waals surface area contributed by atoms with E-state index in [1.807, 2.05) is 38.1 Å². The second kappa shape index (κ2) is 14.5. The summed E-state index contributed by atoms with van der Waals surface area (Å²) >= 11 is 6.85. The lowest BCUT2D eigenvalue weighted by molar-refractivity contribution is -0.147. The molecular weight excluding hydrogens is 552 g/mol. The molecule has 1 amide bonds. The van der Waals surface area contributed by atoms with Crippen molar-refractivity contribution in [1.82, 2.24) is 5.32 Å². The summed E-state index contributed by atoms with van der Waals surface area (Å²) in [7, 11) is 0. The van der Waals surface area contributed by atoms with Gasteiger partial charge in [-0.15, -0.1) is 11.8 Å².